The molecule has 0 heterocycles. The number of alkyl halides is 2. The van der Waals surface area contributed by atoms with Crippen LogP contribution in [0.4, 0.5) is 25.8 Å². The summed E-state index contributed by atoms with van der Waals surface area (Å²) >= 11 is -3.53. The Hall–Kier alpha value is -0.370. The van der Waals surface area contributed by atoms with Crippen molar-refractivity contribution in [2.45, 2.75) is 5.92 Å². The van der Waals surface area contributed by atoms with Crippen LogP contribution in [0.5, 0.6) is 0 Å². The van der Waals surface area contributed by atoms with Gasteiger partial charge in [0.2, 0.25) is 11.6 Å². The summed E-state index contributed by atoms with van der Waals surface area (Å²) in [5.41, 5.74) is 0. The SMILES string of the molecule is [O-][S+](F)CC(F)(F)C(F)=C(F)F. The van der Waals surface area contributed by atoms with Crippen LogP contribution in [-0.4, -0.2) is 16.2 Å². The van der Waals surface area contributed by atoms with E-state index in [1.807, 2.05) is 0 Å². The van der Waals surface area contributed by atoms with E-state index in [0.29, 0.717) is 0 Å². The molecule has 0 aromatic carbocycles. The zero-order valence-electron chi connectivity index (χ0n) is 5.29. The van der Waals surface area contributed by atoms with Gasteiger partial charge in [-0.15, -0.1) is 0 Å². The summed E-state index contributed by atoms with van der Waals surface area (Å²) in [6.45, 7) is 0. The number of hydrogen-bond acceptors (Lipinski definition) is 1. The standard InChI is InChI=1S/C4H2F6OS/c5-2(3(6)7)4(8,9)1-12(10)11/h1H2. The molecule has 0 aliphatic rings. The van der Waals surface area contributed by atoms with E-state index in [0.717, 1.165) is 0 Å². The molecule has 0 aliphatic heterocycles. The molecule has 0 saturated heterocycles. The van der Waals surface area contributed by atoms with Crippen molar-refractivity contribution in [3.05, 3.63) is 11.9 Å². The Morgan fingerprint density at radius 3 is 1.92 bits per heavy atom. The van der Waals surface area contributed by atoms with Crippen LogP contribution in [0, 0.1) is 0 Å². The maximum absolute atomic E-state index is 12.0. The largest absolute Gasteiger partial charge is 0.580 e. The Labute approximate surface area is 66.5 Å². The Balaban J connectivity index is 4.51. The van der Waals surface area contributed by atoms with E-state index in [9.17, 15) is 30.4 Å². The number of hydrogen-bond donors (Lipinski definition) is 0. The van der Waals surface area contributed by atoms with E-state index in [-0.39, 0.29) is 0 Å². The first-order valence-corrected chi connectivity index (χ1v) is 3.63. The van der Waals surface area contributed by atoms with Gasteiger partial charge >= 0.3 is 12.0 Å². The molecule has 0 saturated carbocycles. The summed E-state index contributed by atoms with van der Waals surface area (Å²) in [6.07, 6.45) is -3.24. The molecule has 0 amide bonds. The molecule has 72 valence electrons. The van der Waals surface area contributed by atoms with Gasteiger partial charge in [0.15, 0.2) is 11.6 Å². The van der Waals surface area contributed by atoms with Crippen molar-refractivity contribution in [1.29, 1.82) is 0 Å². The highest BCUT2D eigenvalue weighted by Crippen LogP contribution is 2.30. The molecule has 0 N–H and O–H groups in total. The highest BCUT2D eigenvalue weighted by atomic mass is 32.3. The molecule has 0 rings (SSSR count). The summed E-state index contributed by atoms with van der Waals surface area (Å²) in [7, 11) is 0. The second kappa shape index (κ2) is 4.04. The normalized spacial score (nSPS) is 14.2. The van der Waals surface area contributed by atoms with E-state index < -0.39 is 35.1 Å². The number of rotatable bonds is 3. The van der Waals surface area contributed by atoms with Crippen LogP contribution in [0.2, 0.25) is 0 Å². The quantitative estimate of drug-likeness (QED) is 0.520. The Kier molecular flexibility index (Phi) is 3.91. The minimum Gasteiger partial charge on any atom is -0.580 e. The van der Waals surface area contributed by atoms with Crippen molar-refractivity contribution in [3.8, 4) is 0 Å². The van der Waals surface area contributed by atoms with Crippen molar-refractivity contribution in [1.82, 2.24) is 0 Å². The average Bonchev–Trinajstić information content (AvgIpc) is 1.82. The van der Waals surface area contributed by atoms with Gasteiger partial charge in [-0.25, -0.2) is 0 Å². The zero-order valence-corrected chi connectivity index (χ0v) is 6.11. The predicted molar refractivity (Wildman–Crippen MR) is 29.4 cm³/mol. The highest BCUT2D eigenvalue weighted by Gasteiger charge is 2.44. The zero-order chi connectivity index (χ0) is 9.94. The van der Waals surface area contributed by atoms with Gasteiger partial charge in [0.25, 0.3) is 0 Å². The van der Waals surface area contributed by atoms with E-state index >= 15 is 0 Å². The molecule has 1 nitrogen and oxygen atoms in total. The molecule has 12 heavy (non-hydrogen) atoms. The highest BCUT2D eigenvalue weighted by molar-refractivity contribution is 7.86. The van der Waals surface area contributed by atoms with Crippen LogP contribution in [0.15, 0.2) is 11.9 Å². The van der Waals surface area contributed by atoms with Gasteiger partial charge in [0.05, 0.1) is 0 Å². The second-order valence-electron chi connectivity index (χ2n) is 1.71. The molecule has 0 aromatic rings. The van der Waals surface area contributed by atoms with Gasteiger partial charge in [0.1, 0.15) is 0 Å². The van der Waals surface area contributed by atoms with Crippen LogP contribution in [0.25, 0.3) is 0 Å². The van der Waals surface area contributed by atoms with E-state index in [2.05, 4.69) is 0 Å². The van der Waals surface area contributed by atoms with Gasteiger partial charge in [0, 0.05) is 3.89 Å². The molecule has 0 aliphatic carbocycles. The molecule has 1 atom stereocenters. The summed E-state index contributed by atoms with van der Waals surface area (Å²) in [5, 5.41) is 0. The lowest BCUT2D eigenvalue weighted by atomic mass is 10.3. The Morgan fingerprint density at radius 2 is 1.67 bits per heavy atom. The summed E-state index contributed by atoms with van der Waals surface area (Å²) in [5.74, 6) is -9.86. The fourth-order valence-electron chi connectivity index (χ4n) is 0.344. The number of halogens is 6. The third kappa shape index (κ3) is 3.35. The molecule has 0 spiro atoms. The first-order valence-electron chi connectivity index (χ1n) is 2.41. The monoisotopic (exact) mass is 212 g/mol. The molecule has 1 unspecified atom stereocenters. The lowest BCUT2D eigenvalue weighted by Crippen LogP contribution is -2.27. The van der Waals surface area contributed by atoms with Crippen molar-refractivity contribution < 1.29 is 30.4 Å². The third-order valence-electron chi connectivity index (χ3n) is 0.782. The summed E-state index contributed by atoms with van der Waals surface area (Å²) in [6, 6.07) is 0. The fraction of sp³-hybridized carbons (Fsp3) is 0.500. The van der Waals surface area contributed by atoms with Gasteiger partial charge in [-0.3, -0.25) is 0 Å². The Bertz CT molecular complexity index is 186. The van der Waals surface area contributed by atoms with Gasteiger partial charge in [-0.05, 0) is 0 Å². The molecule has 0 fully saturated rings. The van der Waals surface area contributed by atoms with Crippen molar-refractivity contribution in [2.75, 3.05) is 5.75 Å². The van der Waals surface area contributed by atoms with Gasteiger partial charge in [-0.1, -0.05) is 0 Å². The minimum absolute atomic E-state index is 2.10. The average molecular weight is 212 g/mol. The van der Waals surface area contributed by atoms with Crippen LogP contribution in [-0.2, 0) is 11.6 Å². The first-order chi connectivity index (χ1) is 5.27. The molecule has 0 aromatic heterocycles. The minimum atomic E-state index is -4.71. The molecule has 0 radical (unpaired) electrons. The topological polar surface area (TPSA) is 23.1 Å². The van der Waals surface area contributed by atoms with Crippen LogP contribution in [0.1, 0.15) is 0 Å². The predicted octanol–water partition coefficient (Wildman–Crippen LogP) is 2.33. The maximum Gasteiger partial charge on any atom is 0.351 e. The third-order valence-corrected chi connectivity index (χ3v) is 1.37. The van der Waals surface area contributed by atoms with E-state index in [1.54, 1.807) is 0 Å². The molecule has 0 bridgehead atoms. The van der Waals surface area contributed by atoms with Crippen molar-refractivity contribution in [3.63, 3.8) is 0 Å². The molecule has 8 heteroatoms. The summed E-state index contributed by atoms with van der Waals surface area (Å²) in [4.78, 5) is 0. The second-order valence-corrected chi connectivity index (χ2v) is 2.58. The summed E-state index contributed by atoms with van der Waals surface area (Å²) < 4.78 is 78.9. The molecular weight excluding hydrogens is 210 g/mol. The van der Waals surface area contributed by atoms with Gasteiger partial charge in [-0.2, -0.15) is 22.0 Å². The molecular formula is C4H2F6OS. The van der Waals surface area contributed by atoms with Crippen molar-refractivity contribution in [2.24, 2.45) is 0 Å². The first kappa shape index (κ1) is 11.6. The van der Waals surface area contributed by atoms with Gasteiger partial charge < -0.3 is 4.55 Å². The van der Waals surface area contributed by atoms with Crippen LogP contribution < -0.4 is 0 Å². The fourth-order valence-corrected chi connectivity index (χ4v) is 0.756. The van der Waals surface area contributed by atoms with E-state index in [1.165, 1.54) is 0 Å². The van der Waals surface area contributed by atoms with Crippen LogP contribution >= 0.6 is 0 Å². The smallest absolute Gasteiger partial charge is 0.351 e. The Morgan fingerprint density at radius 1 is 1.25 bits per heavy atom. The lowest BCUT2D eigenvalue weighted by Gasteiger charge is -2.09. The maximum atomic E-state index is 12.0. The van der Waals surface area contributed by atoms with E-state index in [4.69, 9.17) is 0 Å². The lowest BCUT2D eigenvalue weighted by molar-refractivity contribution is 0.0330. The van der Waals surface area contributed by atoms with Crippen molar-refractivity contribution >= 4 is 11.6 Å². The van der Waals surface area contributed by atoms with Crippen LogP contribution in [0.3, 0.4) is 0 Å². The number of allylic oxidation sites excluding steroid dienone is 1.